The first kappa shape index (κ1) is 75.1. The van der Waals surface area contributed by atoms with Gasteiger partial charge in [0.15, 0.2) is 0 Å². The zero-order valence-electron chi connectivity index (χ0n) is 46.5. The number of aromatic amines is 2. The van der Waals surface area contributed by atoms with E-state index in [1.807, 2.05) is 64.8 Å². The second-order valence-corrected chi connectivity index (χ2v) is 27.2. The summed E-state index contributed by atoms with van der Waals surface area (Å²) in [6, 6.07) is -2.10. The number of rotatable bonds is 29. The molecule has 7 rings (SSSR count). The van der Waals surface area contributed by atoms with Crippen LogP contribution in [-0.4, -0.2) is 169 Å². The Labute approximate surface area is 527 Å². The fourth-order valence-electron chi connectivity index (χ4n) is 7.70. The summed E-state index contributed by atoms with van der Waals surface area (Å²) in [6.45, 7) is 0.381. The molecule has 5 aliphatic heterocycles. The second kappa shape index (κ2) is 44.5. The molecule has 5 atom stereocenters. The van der Waals surface area contributed by atoms with Crippen molar-refractivity contribution >= 4 is 130 Å². The van der Waals surface area contributed by atoms with Gasteiger partial charge in [-0.15, -0.1) is 5.06 Å². The van der Waals surface area contributed by atoms with Crippen molar-refractivity contribution < 1.29 is 108 Å². The summed E-state index contributed by atoms with van der Waals surface area (Å²) in [5, 5.41) is 47.4. The van der Waals surface area contributed by atoms with Gasteiger partial charge in [-0.1, -0.05) is 84.0 Å². The molecule has 7 heterocycles. The molecule has 0 spiro atoms. The van der Waals surface area contributed by atoms with E-state index in [0.717, 1.165) is 61.9 Å². The molecule has 10 N–H and O–H groups in total. The number of carboxylic acids is 3. The van der Waals surface area contributed by atoms with E-state index in [0.29, 0.717) is 34.5 Å². The third-order valence-corrected chi connectivity index (χ3v) is 21.2. The molecule has 83 heavy (non-hydrogen) atoms. The van der Waals surface area contributed by atoms with Gasteiger partial charge >= 0.3 is 47.5 Å². The van der Waals surface area contributed by atoms with E-state index in [-0.39, 0.29) is 117 Å². The molecule has 0 bridgehead atoms. The predicted molar refractivity (Wildman–Crippen MR) is 311 cm³/mol. The third kappa shape index (κ3) is 34.1. The van der Waals surface area contributed by atoms with Crippen LogP contribution in [0.2, 0.25) is 0 Å². The Morgan fingerprint density at radius 1 is 0.639 bits per heavy atom. The van der Waals surface area contributed by atoms with Crippen molar-refractivity contribution in [3.05, 3.63) is 36.4 Å². The van der Waals surface area contributed by atoms with Crippen LogP contribution in [0, 0.1) is 0 Å². The maximum absolute atomic E-state index is 11.9. The zero-order chi connectivity index (χ0) is 60.1. The summed E-state index contributed by atoms with van der Waals surface area (Å²) in [4.78, 5) is 140. The number of aromatic nitrogens is 4. The Morgan fingerprint density at radius 2 is 1.08 bits per heavy atom. The SMILES string of the molecule is NCCC(=O)NC(Cc1cnc[nH]1)C(=O)O.O=C(CCCCC1CCSS1)NCCC(=O)NC(Cc1cnc[nH]1)C(=O)[O-].O=C(CCCCC1CCSS1)ON1C(=O)CCC1=O.O=C(O)CCCCC1CCSS1.O=C1CCC(=O)N1O.[Na+]. The smallest absolute Gasteiger partial charge is 0.548 e. The topological polar surface area (TPSA) is 407 Å². The molecule has 0 radical (unpaired) electrons. The van der Waals surface area contributed by atoms with Gasteiger partial charge in [0.25, 0.3) is 23.6 Å². The van der Waals surface area contributed by atoms with E-state index in [9.17, 15) is 57.8 Å². The molecule has 0 aromatic carbocycles. The predicted octanol–water partition coefficient (Wildman–Crippen LogP) is 0.899. The number of hydrogen-bond acceptors (Lipinski definition) is 23. The molecule has 5 saturated heterocycles. The van der Waals surface area contributed by atoms with Crippen LogP contribution in [0.3, 0.4) is 0 Å². The number of carbonyl (C=O) groups excluding carboxylic acids is 9. The Hall–Kier alpha value is -3.99. The van der Waals surface area contributed by atoms with Crippen LogP contribution in [0.25, 0.3) is 0 Å². The van der Waals surface area contributed by atoms with Gasteiger partial charge in [0, 0.05) is 141 Å². The molecule has 2 aromatic rings. The van der Waals surface area contributed by atoms with Gasteiger partial charge in [0.2, 0.25) is 17.7 Å². The van der Waals surface area contributed by atoms with E-state index < -0.39 is 65.5 Å². The van der Waals surface area contributed by atoms with Gasteiger partial charge in [-0.3, -0.25) is 43.6 Å². The molecule has 5 unspecified atom stereocenters. The van der Waals surface area contributed by atoms with E-state index in [1.165, 1.54) is 68.0 Å². The van der Waals surface area contributed by atoms with Gasteiger partial charge in [-0.2, -0.15) is 5.06 Å². The van der Waals surface area contributed by atoms with Gasteiger partial charge in [0.05, 0.1) is 24.7 Å². The molecule has 7 amide bonds. The van der Waals surface area contributed by atoms with E-state index >= 15 is 0 Å². The maximum Gasteiger partial charge on any atom is 1.00 e. The van der Waals surface area contributed by atoms with Crippen molar-refractivity contribution in [3.8, 4) is 0 Å². The molecule has 5 aliphatic rings. The number of carbonyl (C=O) groups is 11. The molecule has 26 nitrogen and oxygen atoms in total. The van der Waals surface area contributed by atoms with Crippen molar-refractivity contribution in [2.45, 2.75) is 176 Å². The molecule has 0 saturated carbocycles. The fraction of sp³-hybridized carbons (Fsp3) is 0.660. The first-order chi connectivity index (χ1) is 39.3. The monoisotopic (exact) mass is 1290 g/mol. The van der Waals surface area contributed by atoms with Crippen LogP contribution in [0.15, 0.2) is 25.0 Å². The summed E-state index contributed by atoms with van der Waals surface area (Å²) in [6.07, 6.45) is 20.7. The second-order valence-electron chi connectivity index (χ2n) is 18.9. The summed E-state index contributed by atoms with van der Waals surface area (Å²) in [7, 11) is 11.6. The summed E-state index contributed by atoms with van der Waals surface area (Å²) in [5.41, 5.74) is 6.44. The average molecular weight is 1290 g/mol. The van der Waals surface area contributed by atoms with Crippen LogP contribution in [-0.2, 0) is 70.4 Å². The summed E-state index contributed by atoms with van der Waals surface area (Å²) in [5.74, 6) is -2.62. The number of nitrogens with zero attached hydrogens (tertiary/aromatic N) is 4. The number of carboxylic acid groups (broad SMARTS) is 3. The molecule has 33 heteroatoms. The normalized spacial score (nSPS) is 18.6. The minimum Gasteiger partial charge on any atom is -0.548 e. The number of hydrogen-bond donors (Lipinski definition) is 9. The van der Waals surface area contributed by atoms with E-state index in [2.05, 4.69) is 35.9 Å². The molecular formula is C50H75N10NaO16S6. The zero-order valence-corrected chi connectivity index (χ0v) is 53.4. The number of imide groups is 2. The van der Waals surface area contributed by atoms with Crippen LogP contribution in [0.4, 0.5) is 0 Å². The van der Waals surface area contributed by atoms with Crippen molar-refractivity contribution in [3.63, 3.8) is 0 Å². The van der Waals surface area contributed by atoms with Gasteiger partial charge < -0.3 is 56.6 Å². The number of imidazole rings is 2. The standard InChI is InChI=1S/C17H26N4O4S2.C12H17NO4S2.C9H14N4O3.C8H14O2S2.C4H5NO3.Na/c22-15(4-2-1-3-13-6-8-26-27-13)19-7-5-16(23)21-14(17(24)25)9-12-10-18-11-20-12;14-10-5-6-11(15)13(10)17-12(16)4-2-1-3-9-7-8-18-19-9;10-2-1-8(14)13-7(9(15)16)3-6-4-11-5-12-6;9-8(10)4-2-1-3-7-5-6-11-12-7;6-3-1-2-4(7)5(3)8;/h10-11,13-14H,1-9H2,(H,18,20)(H,19,22)(H,21,23)(H,24,25);9H,1-8H2;4-5,7H,1-3,10H2,(H,11,12)(H,13,14)(H,15,16);7H,1-6H2,(H,9,10);8H,1-2H2;/q;;;;;+1/p-1. The number of H-pyrrole nitrogens is 2. The molecular weight excluding hydrogens is 1210 g/mol. The molecule has 5 fully saturated rings. The first-order valence-electron chi connectivity index (χ1n) is 27.0. The molecule has 2 aromatic heterocycles. The van der Waals surface area contributed by atoms with Crippen LogP contribution in [0.1, 0.15) is 146 Å². The summed E-state index contributed by atoms with van der Waals surface area (Å²) < 4.78 is 0. The number of nitrogens with two attached hydrogens (primary N) is 1. The number of hydroxylamine groups is 4. The van der Waals surface area contributed by atoms with Crippen molar-refractivity contribution in [2.24, 2.45) is 5.73 Å². The number of unbranched alkanes of at least 4 members (excludes halogenated alkanes) is 3. The quantitative estimate of drug-likeness (QED) is 0.0180. The fourth-order valence-corrected chi connectivity index (χ4v) is 16.8. The Kier molecular flexibility index (Phi) is 40.2. The largest absolute Gasteiger partial charge is 1.00 e. The molecule has 0 aliphatic carbocycles. The Morgan fingerprint density at radius 3 is 1.48 bits per heavy atom. The van der Waals surface area contributed by atoms with Gasteiger partial charge in [0.1, 0.15) is 6.04 Å². The van der Waals surface area contributed by atoms with Crippen LogP contribution < -0.4 is 56.3 Å². The minimum absolute atomic E-state index is 0. The Balaban J connectivity index is 0.000000372. The number of aliphatic carboxylic acids is 3. The van der Waals surface area contributed by atoms with E-state index in [4.69, 9.17) is 26.0 Å². The molecule has 458 valence electrons. The third-order valence-electron chi connectivity index (χ3n) is 12.2. The van der Waals surface area contributed by atoms with Crippen LogP contribution >= 0.6 is 64.8 Å². The number of nitrogens with one attached hydrogen (secondary N) is 5. The van der Waals surface area contributed by atoms with Crippen molar-refractivity contribution in [1.29, 1.82) is 0 Å². The minimum atomic E-state index is -1.36. The van der Waals surface area contributed by atoms with Gasteiger partial charge in [-0.05, 0) is 57.8 Å². The maximum atomic E-state index is 11.9. The first-order valence-corrected chi connectivity index (χ1v) is 34.1. The Bertz CT molecular complexity index is 2280. The number of amides is 7. The van der Waals surface area contributed by atoms with Gasteiger partial charge in [-0.25, -0.2) is 19.6 Å². The van der Waals surface area contributed by atoms with Crippen LogP contribution in [0.5, 0.6) is 0 Å². The van der Waals surface area contributed by atoms with E-state index in [1.54, 1.807) is 0 Å². The van der Waals surface area contributed by atoms with Crippen molar-refractivity contribution in [1.82, 2.24) is 46.0 Å². The van der Waals surface area contributed by atoms with Crippen molar-refractivity contribution in [2.75, 3.05) is 30.3 Å². The average Bonchev–Trinajstić information content (AvgIpc) is 4.33. The summed E-state index contributed by atoms with van der Waals surface area (Å²) >= 11 is 0.